The highest BCUT2D eigenvalue weighted by Crippen LogP contribution is 2.29. The minimum atomic E-state index is -0.210. The van der Waals surface area contributed by atoms with Gasteiger partial charge in [0.25, 0.3) is 0 Å². The Morgan fingerprint density at radius 1 is 1.39 bits per heavy atom. The fourth-order valence-electron chi connectivity index (χ4n) is 1.93. The average molecular weight is 260 g/mol. The van der Waals surface area contributed by atoms with Crippen LogP contribution in [0.15, 0.2) is 34.9 Å². The molecule has 5 nitrogen and oxygen atoms in total. The predicted molar refractivity (Wildman–Crippen MR) is 70.0 cm³/mol. The minimum absolute atomic E-state index is 0.210. The lowest BCUT2D eigenvalue weighted by Gasteiger charge is -2.08. The maximum absolute atomic E-state index is 5.81. The number of fused-ring (bicyclic) bond motifs is 1. The number of furan rings is 1. The molecule has 1 aromatic carbocycles. The Balaban J connectivity index is 2.07. The van der Waals surface area contributed by atoms with Gasteiger partial charge < -0.3 is 4.42 Å². The molecule has 0 saturated carbocycles. The number of benzene rings is 1. The Hall–Kier alpha value is -1.76. The molecule has 6 heteroatoms. The first-order valence-corrected chi connectivity index (χ1v) is 6.29. The van der Waals surface area contributed by atoms with Gasteiger partial charge in [-0.15, -0.1) is 5.10 Å². The van der Waals surface area contributed by atoms with Crippen LogP contribution in [-0.4, -0.2) is 9.59 Å². The van der Waals surface area contributed by atoms with Crippen molar-refractivity contribution in [2.75, 3.05) is 0 Å². The fourth-order valence-corrected chi connectivity index (χ4v) is 2.50. The van der Waals surface area contributed by atoms with E-state index in [1.165, 1.54) is 17.1 Å². The van der Waals surface area contributed by atoms with Crippen LogP contribution in [0.4, 0.5) is 0 Å². The summed E-state index contributed by atoms with van der Waals surface area (Å²) in [7, 11) is 0. The molecule has 0 spiro atoms. The fraction of sp³-hybridized carbons (Fsp3) is 0.167. The molecule has 2 aromatic heterocycles. The first kappa shape index (κ1) is 11.3. The lowest BCUT2D eigenvalue weighted by molar-refractivity contribution is 0.481. The van der Waals surface area contributed by atoms with E-state index in [2.05, 4.69) is 28.0 Å². The highest BCUT2D eigenvalue weighted by Gasteiger charge is 2.19. The van der Waals surface area contributed by atoms with Crippen LogP contribution in [0.25, 0.3) is 11.0 Å². The largest absolute Gasteiger partial charge is 0.459 e. The summed E-state index contributed by atoms with van der Waals surface area (Å²) in [5.74, 6) is 6.36. The number of hydrazine groups is 1. The maximum atomic E-state index is 5.81. The van der Waals surface area contributed by atoms with E-state index in [0.29, 0.717) is 0 Å². The van der Waals surface area contributed by atoms with Crippen LogP contribution in [-0.2, 0) is 0 Å². The van der Waals surface area contributed by atoms with E-state index in [4.69, 9.17) is 10.3 Å². The van der Waals surface area contributed by atoms with Gasteiger partial charge in [0.2, 0.25) is 0 Å². The monoisotopic (exact) mass is 260 g/mol. The summed E-state index contributed by atoms with van der Waals surface area (Å²) in [5.41, 5.74) is 4.79. The van der Waals surface area contributed by atoms with Gasteiger partial charge >= 0.3 is 0 Å². The van der Waals surface area contributed by atoms with Gasteiger partial charge in [-0.05, 0) is 36.7 Å². The molecule has 3 rings (SSSR count). The summed E-state index contributed by atoms with van der Waals surface area (Å²) in [4.78, 5) is 0.924. The zero-order chi connectivity index (χ0) is 12.5. The molecular formula is C12H12N4OS. The van der Waals surface area contributed by atoms with Gasteiger partial charge in [0.15, 0.2) is 0 Å². The van der Waals surface area contributed by atoms with Gasteiger partial charge in [-0.2, -0.15) is 0 Å². The second-order valence-corrected chi connectivity index (χ2v) is 4.93. The number of hydrogen-bond donors (Lipinski definition) is 2. The number of hydrogen-bond acceptors (Lipinski definition) is 6. The summed E-state index contributed by atoms with van der Waals surface area (Å²) in [5, 5.41) is 4.89. The van der Waals surface area contributed by atoms with Crippen molar-refractivity contribution in [1.82, 2.24) is 15.0 Å². The van der Waals surface area contributed by atoms with Gasteiger partial charge in [-0.25, -0.2) is 5.43 Å². The number of nitrogens with one attached hydrogen (secondary N) is 1. The van der Waals surface area contributed by atoms with Crippen molar-refractivity contribution in [1.29, 1.82) is 0 Å². The quantitative estimate of drug-likeness (QED) is 0.557. The summed E-state index contributed by atoms with van der Waals surface area (Å²) < 4.78 is 9.65. The van der Waals surface area contributed by atoms with E-state index in [9.17, 15) is 0 Å². The van der Waals surface area contributed by atoms with E-state index < -0.39 is 0 Å². The number of nitrogens with two attached hydrogens (primary N) is 1. The van der Waals surface area contributed by atoms with E-state index in [-0.39, 0.29) is 6.04 Å². The predicted octanol–water partition coefficient (Wildman–Crippen LogP) is 2.15. The normalized spacial score (nSPS) is 13.0. The zero-order valence-corrected chi connectivity index (χ0v) is 10.6. The van der Waals surface area contributed by atoms with Crippen LogP contribution in [0, 0.1) is 6.92 Å². The third-order valence-corrected chi connectivity index (χ3v) is 3.53. The Morgan fingerprint density at radius 3 is 3.00 bits per heavy atom. The molecule has 2 heterocycles. The molecule has 0 aliphatic heterocycles. The zero-order valence-electron chi connectivity index (χ0n) is 9.75. The first-order valence-electron chi connectivity index (χ1n) is 5.51. The van der Waals surface area contributed by atoms with Crippen molar-refractivity contribution in [3.63, 3.8) is 0 Å². The van der Waals surface area contributed by atoms with Crippen molar-refractivity contribution >= 4 is 22.5 Å². The van der Waals surface area contributed by atoms with Crippen molar-refractivity contribution in [3.05, 3.63) is 46.7 Å². The minimum Gasteiger partial charge on any atom is -0.459 e. The van der Waals surface area contributed by atoms with Crippen molar-refractivity contribution < 1.29 is 4.42 Å². The maximum Gasteiger partial charge on any atom is 0.134 e. The SMILES string of the molecule is Cc1ccc2oc(C(NN)c3cnns3)cc2c1. The summed E-state index contributed by atoms with van der Waals surface area (Å²) in [6.07, 6.45) is 1.69. The summed E-state index contributed by atoms with van der Waals surface area (Å²) in [6.45, 7) is 2.05. The van der Waals surface area contributed by atoms with E-state index in [0.717, 1.165) is 21.6 Å². The molecular weight excluding hydrogens is 248 g/mol. The van der Waals surface area contributed by atoms with Crippen LogP contribution in [0.3, 0.4) is 0 Å². The van der Waals surface area contributed by atoms with Gasteiger partial charge in [-0.3, -0.25) is 5.84 Å². The molecule has 0 amide bonds. The van der Waals surface area contributed by atoms with Gasteiger partial charge in [-0.1, -0.05) is 16.1 Å². The van der Waals surface area contributed by atoms with Crippen LogP contribution in [0.2, 0.25) is 0 Å². The number of aromatic nitrogens is 2. The highest BCUT2D eigenvalue weighted by molar-refractivity contribution is 7.05. The van der Waals surface area contributed by atoms with Crippen molar-refractivity contribution in [3.8, 4) is 0 Å². The third kappa shape index (κ3) is 1.90. The molecule has 0 radical (unpaired) electrons. The van der Waals surface area contributed by atoms with Crippen molar-refractivity contribution in [2.45, 2.75) is 13.0 Å². The average Bonchev–Trinajstić information content (AvgIpc) is 2.98. The van der Waals surface area contributed by atoms with E-state index in [1.54, 1.807) is 6.20 Å². The van der Waals surface area contributed by atoms with Crippen LogP contribution >= 0.6 is 11.5 Å². The smallest absolute Gasteiger partial charge is 0.134 e. The van der Waals surface area contributed by atoms with Crippen LogP contribution in [0.1, 0.15) is 22.2 Å². The first-order chi connectivity index (χ1) is 8.78. The van der Waals surface area contributed by atoms with Crippen LogP contribution < -0.4 is 11.3 Å². The lowest BCUT2D eigenvalue weighted by Crippen LogP contribution is -2.27. The number of rotatable bonds is 3. The molecule has 0 saturated heterocycles. The Labute approximate surface area is 108 Å². The molecule has 0 aliphatic rings. The highest BCUT2D eigenvalue weighted by atomic mass is 32.1. The second-order valence-electron chi connectivity index (χ2n) is 4.11. The topological polar surface area (TPSA) is 77.0 Å². The van der Waals surface area contributed by atoms with E-state index >= 15 is 0 Å². The van der Waals surface area contributed by atoms with Gasteiger partial charge in [0.1, 0.15) is 17.4 Å². The van der Waals surface area contributed by atoms with Gasteiger partial charge in [0, 0.05) is 5.39 Å². The summed E-state index contributed by atoms with van der Waals surface area (Å²) in [6, 6.07) is 7.85. The molecule has 18 heavy (non-hydrogen) atoms. The summed E-state index contributed by atoms with van der Waals surface area (Å²) >= 11 is 1.30. The third-order valence-electron chi connectivity index (χ3n) is 2.80. The van der Waals surface area contributed by atoms with Crippen molar-refractivity contribution in [2.24, 2.45) is 5.84 Å². The molecule has 1 atom stereocenters. The molecule has 0 aliphatic carbocycles. The standard InChI is InChI=1S/C12H12N4OS/c1-7-2-3-9-8(4-7)5-10(17-9)12(15-13)11-6-14-16-18-11/h2-6,12,15H,13H2,1H3. The number of nitrogens with zero attached hydrogens (tertiary/aromatic N) is 2. The second kappa shape index (κ2) is 4.49. The molecule has 3 aromatic rings. The van der Waals surface area contributed by atoms with E-state index in [1.807, 2.05) is 18.2 Å². The number of aryl methyl sites for hydroxylation is 1. The van der Waals surface area contributed by atoms with Crippen LogP contribution in [0.5, 0.6) is 0 Å². The lowest BCUT2D eigenvalue weighted by atomic mass is 10.1. The molecule has 1 unspecified atom stereocenters. The molecule has 0 bridgehead atoms. The van der Waals surface area contributed by atoms with Gasteiger partial charge in [0.05, 0.1) is 11.1 Å². The molecule has 92 valence electrons. The Bertz CT molecular complexity index is 662. The molecule has 3 N–H and O–H groups in total. The Kier molecular flexibility index (Phi) is 2.83. The Morgan fingerprint density at radius 2 is 2.28 bits per heavy atom. The molecule has 0 fully saturated rings.